The van der Waals surface area contributed by atoms with E-state index in [4.69, 9.17) is 0 Å². The summed E-state index contributed by atoms with van der Waals surface area (Å²) in [6.07, 6.45) is 0.763. The Bertz CT molecular complexity index is 1280. The van der Waals surface area contributed by atoms with Crippen LogP contribution in [-0.4, -0.2) is 69.5 Å². The van der Waals surface area contributed by atoms with Gasteiger partial charge >= 0.3 is 0 Å². The van der Waals surface area contributed by atoms with E-state index in [1.54, 1.807) is 16.7 Å². The van der Waals surface area contributed by atoms with Crippen molar-refractivity contribution in [1.29, 1.82) is 0 Å². The molecule has 8 nitrogen and oxygen atoms in total. The lowest BCUT2D eigenvalue weighted by atomic mass is 9.66. The Hall–Kier alpha value is -3.04. The number of hydrogen-bond acceptors (Lipinski definition) is 6. The molecule has 0 aromatic heterocycles. The molecule has 3 heterocycles. The summed E-state index contributed by atoms with van der Waals surface area (Å²) in [5, 5.41) is 16.6. The Morgan fingerprint density at radius 1 is 1.07 bits per heavy atom. The standard InChI is InChI=1S/C33H44N4O4S/c1-6-36(7-2)24-15-13-23(14-16-24)35-31(40)29-33-21(5)17-26(42-33)27(30(39)34-18-22-11-9-8-10-12-22)28(33)32(41)37(29)25(19-38)20(3)4/h8-16,20-21,25-29,38H,6-7,17-19H2,1-5H3,(H,34,39)(H,35,40)/t21?,25-,26+,27-,28-,29?,33?/m0/s1. The van der Waals surface area contributed by atoms with Gasteiger partial charge in [0.25, 0.3) is 0 Å². The smallest absolute Gasteiger partial charge is 0.248 e. The van der Waals surface area contributed by atoms with Crippen LogP contribution in [0.2, 0.25) is 0 Å². The van der Waals surface area contributed by atoms with E-state index >= 15 is 0 Å². The predicted octanol–water partition coefficient (Wildman–Crippen LogP) is 4.14. The first-order valence-corrected chi connectivity index (χ1v) is 16.1. The number of aliphatic hydroxyl groups excluding tert-OH is 1. The van der Waals surface area contributed by atoms with E-state index in [1.165, 1.54) is 0 Å². The van der Waals surface area contributed by atoms with E-state index in [9.17, 15) is 19.5 Å². The lowest BCUT2D eigenvalue weighted by Gasteiger charge is -2.40. The zero-order valence-electron chi connectivity index (χ0n) is 25.2. The fraction of sp³-hybridized carbons (Fsp3) is 0.545. The summed E-state index contributed by atoms with van der Waals surface area (Å²) in [6.45, 7) is 12.2. The van der Waals surface area contributed by atoms with Crippen LogP contribution in [0.1, 0.15) is 46.6 Å². The SMILES string of the molecule is CCN(CC)c1ccc(NC(=O)C2N([C@@H](CO)C(C)C)C(=O)[C@@H]3[C@@H](C(=O)NCc4ccccc4)[C@H]4CC(C)C23S4)cc1. The summed E-state index contributed by atoms with van der Waals surface area (Å²) in [4.78, 5) is 46.3. The van der Waals surface area contributed by atoms with Gasteiger partial charge in [0, 0.05) is 36.3 Å². The van der Waals surface area contributed by atoms with Gasteiger partial charge < -0.3 is 25.5 Å². The van der Waals surface area contributed by atoms with Gasteiger partial charge in [-0.1, -0.05) is 51.1 Å². The highest BCUT2D eigenvalue weighted by molar-refractivity contribution is 8.02. The highest BCUT2D eigenvalue weighted by Gasteiger charge is 2.76. The van der Waals surface area contributed by atoms with Crippen LogP contribution in [0.25, 0.3) is 0 Å². The van der Waals surface area contributed by atoms with Gasteiger partial charge in [-0.15, -0.1) is 11.8 Å². The first-order chi connectivity index (χ1) is 20.2. The number of nitrogens with zero attached hydrogens (tertiary/aromatic N) is 2. The number of carbonyl (C=O) groups excluding carboxylic acids is 3. The van der Waals surface area contributed by atoms with Crippen LogP contribution >= 0.6 is 11.8 Å². The van der Waals surface area contributed by atoms with Gasteiger partial charge in [0.15, 0.2) is 0 Å². The summed E-state index contributed by atoms with van der Waals surface area (Å²) < 4.78 is -0.746. The molecule has 0 radical (unpaired) electrons. The summed E-state index contributed by atoms with van der Waals surface area (Å²) in [6, 6.07) is 16.2. The van der Waals surface area contributed by atoms with Gasteiger partial charge in [-0.05, 0) is 61.9 Å². The van der Waals surface area contributed by atoms with E-state index in [1.807, 2.05) is 68.4 Å². The number of carbonyl (C=O) groups is 3. The third kappa shape index (κ3) is 5.08. The second-order valence-corrected chi connectivity index (χ2v) is 13.8. The molecule has 3 unspecified atom stereocenters. The number of hydrogen-bond donors (Lipinski definition) is 3. The first kappa shape index (κ1) is 30.4. The number of benzene rings is 2. The molecular formula is C33H44N4O4S. The molecule has 7 atom stereocenters. The molecule has 42 heavy (non-hydrogen) atoms. The largest absolute Gasteiger partial charge is 0.394 e. The highest BCUT2D eigenvalue weighted by atomic mass is 32.2. The monoisotopic (exact) mass is 592 g/mol. The molecule has 3 N–H and O–H groups in total. The Morgan fingerprint density at radius 2 is 1.74 bits per heavy atom. The molecule has 2 bridgehead atoms. The topological polar surface area (TPSA) is 102 Å². The Labute approximate surface area is 253 Å². The van der Waals surface area contributed by atoms with Crippen LogP contribution in [0, 0.1) is 23.7 Å². The summed E-state index contributed by atoms with van der Waals surface area (Å²) >= 11 is 1.65. The zero-order chi connectivity index (χ0) is 30.2. The molecule has 2 aromatic carbocycles. The molecule has 1 spiro atoms. The van der Waals surface area contributed by atoms with E-state index in [-0.39, 0.29) is 41.4 Å². The van der Waals surface area contributed by atoms with Gasteiger partial charge in [-0.2, -0.15) is 0 Å². The second-order valence-electron chi connectivity index (χ2n) is 12.2. The molecular weight excluding hydrogens is 548 g/mol. The second kappa shape index (κ2) is 12.3. The van der Waals surface area contributed by atoms with E-state index in [0.29, 0.717) is 12.2 Å². The summed E-state index contributed by atoms with van der Waals surface area (Å²) in [7, 11) is 0. The average molecular weight is 593 g/mol. The number of likely N-dealkylation sites (tertiary alicyclic amines) is 1. The van der Waals surface area contributed by atoms with Crippen LogP contribution in [-0.2, 0) is 20.9 Å². The van der Waals surface area contributed by atoms with E-state index < -0.39 is 28.7 Å². The van der Waals surface area contributed by atoms with Crippen molar-refractivity contribution in [1.82, 2.24) is 10.2 Å². The summed E-state index contributed by atoms with van der Waals surface area (Å²) in [5.74, 6) is -1.76. The normalized spacial score (nSPS) is 28.6. The highest BCUT2D eigenvalue weighted by Crippen LogP contribution is 2.69. The Morgan fingerprint density at radius 3 is 2.33 bits per heavy atom. The van der Waals surface area contributed by atoms with Crippen LogP contribution in [0.3, 0.4) is 0 Å². The predicted molar refractivity (Wildman–Crippen MR) is 168 cm³/mol. The maximum absolute atomic E-state index is 14.4. The number of rotatable bonds is 11. The minimum Gasteiger partial charge on any atom is -0.394 e. The molecule has 3 aliphatic rings. The molecule has 9 heteroatoms. The molecule has 3 saturated heterocycles. The lowest BCUT2D eigenvalue weighted by molar-refractivity contribution is -0.143. The quantitative estimate of drug-likeness (QED) is 0.363. The minimum absolute atomic E-state index is 0.0397. The molecule has 0 saturated carbocycles. The number of aliphatic hydroxyl groups is 1. The number of fused-ring (bicyclic) bond motifs is 1. The van der Waals surface area contributed by atoms with Crippen molar-refractivity contribution in [2.75, 3.05) is 29.9 Å². The minimum atomic E-state index is -0.797. The molecule has 5 rings (SSSR count). The van der Waals surface area contributed by atoms with Crippen molar-refractivity contribution in [2.24, 2.45) is 23.7 Å². The molecule has 2 aromatic rings. The Balaban J connectivity index is 1.46. The molecule has 226 valence electrons. The van der Waals surface area contributed by atoms with Crippen molar-refractivity contribution in [3.05, 3.63) is 60.2 Å². The fourth-order valence-corrected chi connectivity index (χ4v) is 9.90. The van der Waals surface area contributed by atoms with Crippen LogP contribution in [0.4, 0.5) is 11.4 Å². The Kier molecular flexibility index (Phi) is 8.90. The first-order valence-electron chi connectivity index (χ1n) is 15.3. The molecule has 3 aliphatic heterocycles. The van der Waals surface area contributed by atoms with Crippen molar-refractivity contribution < 1.29 is 19.5 Å². The molecule has 3 amide bonds. The van der Waals surface area contributed by atoms with Crippen LogP contribution in [0.5, 0.6) is 0 Å². The maximum atomic E-state index is 14.4. The lowest BCUT2D eigenvalue weighted by Crippen LogP contribution is -2.58. The number of anilines is 2. The van der Waals surface area contributed by atoms with Gasteiger partial charge in [0.1, 0.15) is 6.04 Å². The fourth-order valence-electron chi connectivity index (χ4n) is 7.49. The third-order valence-electron chi connectivity index (χ3n) is 9.62. The number of thioether (sulfide) groups is 1. The van der Waals surface area contributed by atoms with Crippen molar-refractivity contribution in [2.45, 2.75) is 69.7 Å². The van der Waals surface area contributed by atoms with Crippen molar-refractivity contribution >= 4 is 40.9 Å². The average Bonchev–Trinajstić information content (AvgIpc) is 3.58. The number of nitrogens with one attached hydrogen (secondary N) is 2. The summed E-state index contributed by atoms with van der Waals surface area (Å²) in [5.41, 5.74) is 2.74. The number of amides is 3. The zero-order valence-corrected chi connectivity index (χ0v) is 26.1. The van der Waals surface area contributed by atoms with Crippen LogP contribution < -0.4 is 15.5 Å². The van der Waals surface area contributed by atoms with Crippen molar-refractivity contribution in [3.8, 4) is 0 Å². The van der Waals surface area contributed by atoms with E-state index in [2.05, 4.69) is 36.3 Å². The van der Waals surface area contributed by atoms with Crippen LogP contribution in [0.15, 0.2) is 54.6 Å². The maximum Gasteiger partial charge on any atom is 0.248 e. The van der Waals surface area contributed by atoms with E-state index in [0.717, 1.165) is 30.8 Å². The van der Waals surface area contributed by atoms with Crippen molar-refractivity contribution in [3.63, 3.8) is 0 Å². The van der Waals surface area contributed by atoms with Gasteiger partial charge in [-0.25, -0.2) is 0 Å². The van der Waals surface area contributed by atoms with Gasteiger partial charge in [0.2, 0.25) is 17.7 Å². The third-order valence-corrected chi connectivity index (χ3v) is 11.7. The van der Waals surface area contributed by atoms with Gasteiger partial charge in [0.05, 0.1) is 29.2 Å². The van der Waals surface area contributed by atoms with Gasteiger partial charge in [-0.3, -0.25) is 14.4 Å². The molecule has 3 fully saturated rings. The molecule has 0 aliphatic carbocycles.